The highest BCUT2D eigenvalue weighted by molar-refractivity contribution is 5.00. The molecule has 1 heterocycles. The van der Waals surface area contributed by atoms with Crippen molar-refractivity contribution in [2.45, 2.75) is 50.7 Å². The molecule has 1 fully saturated rings. The number of aromatic nitrogens is 4. The Hall–Kier alpha value is -1.01. The average Bonchev–Trinajstić information content (AvgIpc) is 2.97. The second kappa shape index (κ2) is 5.75. The van der Waals surface area contributed by atoms with Gasteiger partial charge in [-0.25, -0.2) is 0 Å². The molecule has 102 valence electrons. The van der Waals surface area contributed by atoms with E-state index in [2.05, 4.69) is 27.7 Å². The maximum absolute atomic E-state index is 6.08. The highest BCUT2D eigenvalue weighted by Gasteiger charge is 2.41. The van der Waals surface area contributed by atoms with Crippen molar-refractivity contribution in [2.24, 2.45) is 7.05 Å². The molecule has 6 heteroatoms. The van der Waals surface area contributed by atoms with Crippen LogP contribution in [-0.2, 0) is 18.2 Å². The maximum atomic E-state index is 6.08. The number of aryl methyl sites for hydroxylation is 1. The normalized spacial score (nSPS) is 20.2. The van der Waals surface area contributed by atoms with Crippen molar-refractivity contribution in [1.82, 2.24) is 25.5 Å². The fourth-order valence-corrected chi connectivity index (χ4v) is 2.99. The van der Waals surface area contributed by atoms with E-state index in [0.717, 1.165) is 31.7 Å². The number of tetrazole rings is 1. The molecule has 1 aromatic heterocycles. The quantitative estimate of drug-likeness (QED) is 0.808. The van der Waals surface area contributed by atoms with Gasteiger partial charge in [0.1, 0.15) is 0 Å². The Morgan fingerprint density at radius 1 is 1.44 bits per heavy atom. The zero-order valence-corrected chi connectivity index (χ0v) is 11.5. The topological polar surface area (TPSA) is 64.9 Å². The maximum Gasteiger partial charge on any atom is 0.176 e. The molecule has 1 aliphatic rings. The van der Waals surface area contributed by atoms with Crippen molar-refractivity contribution in [3.63, 3.8) is 0 Å². The number of hydrogen-bond acceptors (Lipinski definition) is 5. The number of nitrogens with one attached hydrogen (secondary N) is 1. The smallest absolute Gasteiger partial charge is 0.176 e. The minimum Gasteiger partial charge on any atom is -0.374 e. The summed E-state index contributed by atoms with van der Waals surface area (Å²) in [6, 6.07) is 0.254. The Labute approximate surface area is 108 Å². The highest BCUT2D eigenvalue weighted by atomic mass is 16.5. The first-order valence-electron chi connectivity index (χ1n) is 6.74. The van der Waals surface area contributed by atoms with E-state index >= 15 is 0 Å². The molecule has 0 bridgehead atoms. The summed E-state index contributed by atoms with van der Waals surface area (Å²) < 4.78 is 6.08. The van der Waals surface area contributed by atoms with Crippen LogP contribution in [0.5, 0.6) is 0 Å². The SMILES string of the molecule is CCOC1(C(Cc2nnn(C)n2)NC)CCCC1. The summed E-state index contributed by atoms with van der Waals surface area (Å²) in [5.41, 5.74) is -0.0529. The largest absolute Gasteiger partial charge is 0.374 e. The predicted molar refractivity (Wildman–Crippen MR) is 68.2 cm³/mol. The Morgan fingerprint density at radius 2 is 2.17 bits per heavy atom. The van der Waals surface area contributed by atoms with E-state index < -0.39 is 0 Å². The number of likely N-dealkylation sites (N-methyl/N-ethyl adjacent to an activating group) is 1. The van der Waals surface area contributed by atoms with Crippen LogP contribution in [0, 0.1) is 0 Å². The lowest BCUT2D eigenvalue weighted by Gasteiger charge is -2.36. The molecular weight excluding hydrogens is 230 g/mol. The minimum atomic E-state index is -0.0529. The van der Waals surface area contributed by atoms with E-state index in [1.165, 1.54) is 17.6 Å². The molecule has 1 atom stereocenters. The van der Waals surface area contributed by atoms with E-state index in [4.69, 9.17) is 4.74 Å². The van der Waals surface area contributed by atoms with Crippen LogP contribution in [0.15, 0.2) is 0 Å². The first-order valence-corrected chi connectivity index (χ1v) is 6.74. The minimum absolute atomic E-state index is 0.0529. The summed E-state index contributed by atoms with van der Waals surface area (Å²) in [6.45, 7) is 2.82. The molecule has 0 spiro atoms. The number of hydrogen-bond donors (Lipinski definition) is 1. The second-order valence-electron chi connectivity index (χ2n) is 4.95. The van der Waals surface area contributed by atoms with Gasteiger partial charge < -0.3 is 10.1 Å². The van der Waals surface area contributed by atoms with Crippen molar-refractivity contribution < 1.29 is 4.74 Å². The molecule has 1 saturated carbocycles. The Bertz CT molecular complexity index is 372. The van der Waals surface area contributed by atoms with Crippen molar-refractivity contribution in [3.05, 3.63) is 5.82 Å². The average molecular weight is 253 g/mol. The summed E-state index contributed by atoms with van der Waals surface area (Å²) in [4.78, 5) is 1.50. The molecule has 0 aliphatic heterocycles. The van der Waals surface area contributed by atoms with E-state index in [1.807, 2.05) is 7.05 Å². The van der Waals surface area contributed by atoms with Crippen LogP contribution in [0.25, 0.3) is 0 Å². The summed E-state index contributed by atoms with van der Waals surface area (Å²) in [5.74, 6) is 0.780. The molecule has 0 aromatic carbocycles. The van der Waals surface area contributed by atoms with Crippen LogP contribution in [-0.4, -0.2) is 45.5 Å². The van der Waals surface area contributed by atoms with E-state index in [0.29, 0.717) is 0 Å². The lowest BCUT2D eigenvalue weighted by Crippen LogP contribution is -2.51. The van der Waals surface area contributed by atoms with Crippen molar-refractivity contribution in [1.29, 1.82) is 0 Å². The van der Waals surface area contributed by atoms with Gasteiger partial charge in [-0.1, -0.05) is 12.8 Å². The Morgan fingerprint density at radius 3 is 2.67 bits per heavy atom. The Kier molecular flexibility index (Phi) is 4.29. The Balaban J connectivity index is 2.10. The lowest BCUT2D eigenvalue weighted by atomic mass is 9.89. The first kappa shape index (κ1) is 13.4. The van der Waals surface area contributed by atoms with E-state index in [-0.39, 0.29) is 11.6 Å². The summed E-state index contributed by atoms with van der Waals surface area (Å²) in [7, 11) is 3.78. The molecule has 1 aliphatic carbocycles. The van der Waals surface area contributed by atoms with Gasteiger partial charge in [0.25, 0.3) is 0 Å². The number of ether oxygens (including phenoxy) is 1. The standard InChI is InChI=1S/C12H23N5O/c1-4-18-12(7-5-6-8-12)10(13-2)9-11-14-16-17(3)15-11/h10,13H,4-9H2,1-3H3. The third kappa shape index (κ3) is 2.70. The van der Waals surface area contributed by atoms with Crippen molar-refractivity contribution in [3.8, 4) is 0 Å². The van der Waals surface area contributed by atoms with Crippen LogP contribution < -0.4 is 5.32 Å². The van der Waals surface area contributed by atoms with Gasteiger partial charge in [-0.05, 0) is 32.0 Å². The van der Waals surface area contributed by atoms with Crippen molar-refractivity contribution >= 4 is 0 Å². The zero-order chi connectivity index (χ0) is 13.0. The lowest BCUT2D eigenvalue weighted by molar-refractivity contribution is -0.0601. The summed E-state index contributed by atoms with van der Waals surface area (Å²) >= 11 is 0. The van der Waals surface area contributed by atoms with Gasteiger partial charge in [0.15, 0.2) is 5.82 Å². The van der Waals surface area contributed by atoms with Gasteiger partial charge >= 0.3 is 0 Å². The molecule has 1 unspecified atom stereocenters. The molecule has 1 aromatic rings. The van der Waals surface area contributed by atoms with Gasteiger partial charge in [-0.3, -0.25) is 0 Å². The van der Waals surface area contributed by atoms with Crippen LogP contribution in [0.3, 0.4) is 0 Å². The molecule has 0 radical (unpaired) electrons. The van der Waals surface area contributed by atoms with Crippen LogP contribution in [0.4, 0.5) is 0 Å². The van der Waals surface area contributed by atoms with Gasteiger partial charge in [0.05, 0.1) is 12.6 Å². The van der Waals surface area contributed by atoms with Crippen LogP contribution >= 0.6 is 0 Å². The second-order valence-corrected chi connectivity index (χ2v) is 4.95. The fraction of sp³-hybridized carbons (Fsp3) is 0.917. The fourth-order valence-electron chi connectivity index (χ4n) is 2.99. The molecular formula is C12H23N5O. The summed E-state index contributed by atoms with van der Waals surface area (Å²) in [6.07, 6.45) is 5.49. The van der Waals surface area contributed by atoms with Crippen molar-refractivity contribution in [2.75, 3.05) is 13.7 Å². The monoisotopic (exact) mass is 253 g/mol. The summed E-state index contributed by atoms with van der Waals surface area (Å²) in [5, 5.41) is 15.6. The molecule has 1 N–H and O–H groups in total. The number of rotatable bonds is 6. The van der Waals surface area contributed by atoms with Gasteiger partial charge in [-0.2, -0.15) is 4.80 Å². The molecule has 18 heavy (non-hydrogen) atoms. The van der Waals surface area contributed by atoms with Gasteiger partial charge in [-0.15, -0.1) is 10.2 Å². The van der Waals surface area contributed by atoms with E-state index in [1.54, 1.807) is 7.05 Å². The predicted octanol–water partition coefficient (Wildman–Crippen LogP) is 0.690. The highest BCUT2D eigenvalue weighted by Crippen LogP contribution is 2.37. The zero-order valence-electron chi connectivity index (χ0n) is 11.5. The molecule has 0 amide bonds. The molecule has 6 nitrogen and oxygen atoms in total. The van der Waals surface area contributed by atoms with E-state index in [9.17, 15) is 0 Å². The third-order valence-electron chi connectivity index (χ3n) is 3.80. The molecule has 0 saturated heterocycles. The van der Waals surface area contributed by atoms with Crippen LogP contribution in [0.2, 0.25) is 0 Å². The number of nitrogens with zero attached hydrogens (tertiary/aromatic N) is 4. The van der Waals surface area contributed by atoms with Gasteiger partial charge in [0.2, 0.25) is 0 Å². The first-order chi connectivity index (χ1) is 8.70. The van der Waals surface area contributed by atoms with Crippen LogP contribution in [0.1, 0.15) is 38.4 Å². The molecule has 2 rings (SSSR count). The third-order valence-corrected chi connectivity index (χ3v) is 3.80. The van der Waals surface area contributed by atoms with Gasteiger partial charge in [0, 0.05) is 19.1 Å².